The fraction of sp³-hybridized carbons (Fsp3) is 0.154. The zero-order chi connectivity index (χ0) is 13.0. The highest BCUT2D eigenvalue weighted by Crippen LogP contribution is 2.28. The summed E-state index contributed by atoms with van der Waals surface area (Å²) in [6, 6.07) is 8.96. The number of aromatic nitrogens is 1. The Morgan fingerprint density at radius 2 is 1.94 bits per heavy atom. The summed E-state index contributed by atoms with van der Waals surface area (Å²) in [6.07, 6.45) is 1.61. The van der Waals surface area contributed by atoms with Gasteiger partial charge in [-0.15, -0.1) is 0 Å². The maximum atomic E-state index is 5.78. The van der Waals surface area contributed by atoms with Crippen LogP contribution >= 0.6 is 0 Å². The molecule has 0 saturated carbocycles. The van der Waals surface area contributed by atoms with Crippen LogP contribution in [0.3, 0.4) is 0 Å². The number of nitrogen functional groups attached to an aromatic ring is 1. The first kappa shape index (κ1) is 12.0. The summed E-state index contributed by atoms with van der Waals surface area (Å²) in [5.41, 5.74) is 7.29. The molecule has 2 aromatic rings. The molecule has 1 heterocycles. The highest BCUT2D eigenvalue weighted by atomic mass is 16.5. The van der Waals surface area contributed by atoms with E-state index < -0.39 is 0 Å². The summed E-state index contributed by atoms with van der Waals surface area (Å²) in [5, 5.41) is 3.00. The molecule has 18 heavy (non-hydrogen) atoms. The average Bonchev–Trinajstić information content (AvgIpc) is 2.42. The number of benzene rings is 1. The summed E-state index contributed by atoms with van der Waals surface area (Å²) in [5.74, 6) is 1.89. The third-order valence-electron chi connectivity index (χ3n) is 2.45. The lowest BCUT2D eigenvalue weighted by Gasteiger charge is -2.09. The number of ether oxygens (including phenoxy) is 2. The molecule has 0 saturated heterocycles. The molecule has 1 aromatic heterocycles. The van der Waals surface area contributed by atoms with Gasteiger partial charge in [0.1, 0.15) is 11.5 Å². The molecule has 0 amide bonds. The molecular formula is C13H15N3O2. The Bertz CT molecular complexity index is 526. The predicted molar refractivity (Wildman–Crippen MR) is 71.3 cm³/mol. The first-order valence-corrected chi connectivity index (χ1v) is 5.48. The van der Waals surface area contributed by atoms with E-state index in [0.29, 0.717) is 23.1 Å². The van der Waals surface area contributed by atoms with Crippen molar-refractivity contribution in [2.75, 3.05) is 25.2 Å². The van der Waals surface area contributed by atoms with E-state index >= 15 is 0 Å². The van der Waals surface area contributed by atoms with E-state index in [1.165, 1.54) is 0 Å². The van der Waals surface area contributed by atoms with E-state index in [0.717, 1.165) is 5.69 Å². The van der Waals surface area contributed by atoms with Gasteiger partial charge in [-0.3, -0.25) is 0 Å². The molecule has 94 valence electrons. The van der Waals surface area contributed by atoms with Gasteiger partial charge in [0.25, 0.3) is 0 Å². The van der Waals surface area contributed by atoms with Crippen molar-refractivity contribution in [2.24, 2.45) is 0 Å². The van der Waals surface area contributed by atoms with Crippen LogP contribution in [-0.4, -0.2) is 19.1 Å². The van der Waals surface area contributed by atoms with E-state index in [-0.39, 0.29) is 0 Å². The molecular weight excluding hydrogens is 230 g/mol. The van der Waals surface area contributed by atoms with Crippen LogP contribution in [0, 0.1) is 0 Å². The molecule has 5 heteroatoms. The highest BCUT2D eigenvalue weighted by Gasteiger charge is 2.02. The van der Waals surface area contributed by atoms with Crippen molar-refractivity contribution in [3.63, 3.8) is 0 Å². The van der Waals surface area contributed by atoms with Crippen molar-refractivity contribution < 1.29 is 9.47 Å². The van der Waals surface area contributed by atoms with Gasteiger partial charge in [-0.25, -0.2) is 4.98 Å². The fourth-order valence-electron chi connectivity index (χ4n) is 1.50. The second-order valence-electron chi connectivity index (χ2n) is 3.64. The van der Waals surface area contributed by atoms with Crippen LogP contribution in [0.15, 0.2) is 36.5 Å². The molecule has 5 nitrogen and oxygen atoms in total. The van der Waals surface area contributed by atoms with Gasteiger partial charge in [0.15, 0.2) is 0 Å². The van der Waals surface area contributed by atoms with Crippen LogP contribution in [0.2, 0.25) is 0 Å². The second kappa shape index (κ2) is 5.27. The van der Waals surface area contributed by atoms with E-state index in [1.54, 1.807) is 37.6 Å². The molecule has 0 atom stereocenters. The lowest BCUT2D eigenvalue weighted by Crippen LogP contribution is -1.96. The van der Waals surface area contributed by atoms with Crippen LogP contribution in [0.5, 0.6) is 17.4 Å². The van der Waals surface area contributed by atoms with Crippen LogP contribution in [0.25, 0.3) is 0 Å². The maximum Gasteiger partial charge on any atom is 0.213 e. The molecule has 0 unspecified atom stereocenters. The normalized spacial score (nSPS) is 9.89. The monoisotopic (exact) mass is 245 g/mol. The Morgan fingerprint density at radius 3 is 2.56 bits per heavy atom. The van der Waals surface area contributed by atoms with Gasteiger partial charge >= 0.3 is 0 Å². The van der Waals surface area contributed by atoms with Gasteiger partial charge in [-0.05, 0) is 18.2 Å². The Morgan fingerprint density at radius 1 is 1.17 bits per heavy atom. The van der Waals surface area contributed by atoms with Crippen molar-refractivity contribution in [2.45, 2.75) is 0 Å². The number of rotatable bonds is 4. The fourth-order valence-corrected chi connectivity index (χ4v) is 1.50. The number of pyridine rings is 1. The van der Waals surface area contributed by atoms with Gasteiger partial charge < -0.3 is 20.5 Å². The number of methoxy groups -OCH3 is 1. The molecule has 0 aliphatic rings. The minimum absolute atomic E-state index is 0.551. The minimum Gasteiger partial charge on any atom is -0.481 e. The number of nitrogens with one attached hydrogen (secondary N) is 1. The Kier molecular flexibility index (Phi) is 3.52. The van der Waals surface area contributed by atoms with Gasteiger partial charge in [0, 0.05) is 19.2 Å². The van der Waals surface area contributed by atoms with Crippen LogP contribution in [0.1, 0.15) is 0 Å². The quantitative estimate of drug-likeness (QED) is 0.810. The minimum atomic E-state index is 0.551. The lowest BCUT2D eigenvalue weighted by molar-refractivity contribution is 0.395. The number of nitrogens with zero attached hydrogens (tertiary/aromatic N) is 1. The van der Waals surface area contributed by atoms with Gasteiger partial charge in [-0.2, -0.15) is 0 Å². The Hall–Kier alpha value is -2.43. The first-order valence-electron chi connectivity index (χ1n) is 5.48. The number of anilines is 2. The standard InChI is InChI=1S/C13H15N3O2/c1-15-12-7-9(3-5-11(12)14)18-10-4-6-13(17-2)16-8-10/h3-8,15H,14H2,1-2H3. The summed E-state index contributed by atoms with van der Waals surface area (Å²) in [4.78, 5) is 4.07. The van der Waals surface area contributed by atoms with Crippen LogP contribution < -0.4 is 20.5 Å². The van der Waals surface area contributed by atoms with Crippen LogP contribution in [0.4, 0.5) is 11.4 Å². The zero-order valence-corrected chi connectivity index (χ0v) is 10.3. The lowest BCUT2D eigenvalue weighted by atomic mass is 10.2. The van der Waals surface area contributed by atoms with Crippen molar-refractivity contribution >= 4 is 11.4 Å². The summed E-state index contributed by atoms with van der Waals surface area (Å²) in [7, 11) is 3.38. The summed E-state index contributed by atoms with van der Waals surface area (Å²) in [6.45, 7) is 0. The van der Waals surface area contributed by atoms with Crippen molar-refractivity contribution in [3.05, 3.63) is 36.5 Å². The Balaban J connectivity index is 2.17. The largest absolute Gasteiger partial charge is 0.481 e. The zero-order valence-electron chi connectivity index (χ0n) is 10.3. The van der Waals surface area contributed by atoms with Crippen molar-refractivity contribution in [1.82, 2.24) is 4.98 Å². The van der Waals surface area contributed by atoms with E-state index in [1.807, 2.05) is 13.1 Å². The molecule has 0 aliphatic heterocycles. The van der Waals surface area contributed by atoms with E-state index in [4.69, 9.17) is 15.2 Å². The summed E-state index contributed by atoms with van der Waals surface area (Å²) >= 11 is 0. The molecule has 2 rings (SSSR count). The molecule has 0 fully saturated rings. The SMILES string of the molecule is CNc1cc(Oc2ccc(OC)nc2)ccc1N. The predicted octanol–water partition coefficient (Wildman–Crippen LogP) is 2.51. The highest BCUT2D eigenvalue weighted by molar-refractivity contribution is 5.68. The molecule has 0 radical (unpaired) electrons. The van der Waals surface area contributed by atoms with E-state index in [2.05, 4.69) is 10.3 Å². The molecule has 1 aromatic carbocycles. The topological polar surface area (TPSA) is 69.4 Å². The van der Waals surface area contributed by atoms with Crippen molar-refractivity contribution in [1.29, 1.82) is 0 Å². The Labute approximate surface area is 106 Å². The molecule has 3 N–H and O–H groups in total. The smallest absolute Gasteiger partial charge is 0.213 e. The molecule has 0 bridgehead atoms. The number of hydrogen-bond donors (Lipinski definition) is 2. The van der Waals surface area contributed by atoms with Gasteiger partial charge in [0.05, 0.1) is 24.7 Å². The van der Waals surface area contributed by atoms with Crippen LogP contribution in [-0.2, 0) is 0 Å². The maximum absolute atomic E-state index is 5.78. The third-order valence-corrected chi connectivity index (χ3v) is 2.45. The number of hydrogen-bond acceptors (Lipinski definition) is 5. The summed E-state index contributed by atoms with van der Waals surface area (Å²) < 4.78 is 10.6. The number of nitrogens with two attached hydrogens (primary N) is 1. The first-order chi connectivity index (χ1) is 8.72. The second-order valence-corrected chi connectivity index (χ2v) is 3.64. The van der Waals surface area contributed by atoms with E-state index in [9.17, 15) is 0 Å². The molecule has 0 aliphatic carbocycles. The van der Waals surface area contributed by atoms with Gasteiger partial charge in [-0.1, -0.05) is 0 Å². The average molecular weight is 245 g/mol. The third kappa shape index (κ3) is 2.63. The van der Waals surface area contributed by atoms with Gasteiger partial charge in [0.2, 0.25) is 5.88 Å². The molecule has 0 spiro atoms. The van der Waals surface area contributed by atoms with Crippen molar-refractivity contribution in [3.8, 4) is 17.4 Å².